The Bertz CT molecular complexity index is 485. The lowest BCUT2D eigenvalue weighted by Gasteiger charge is -2.34. The quantitative estimate of drug-likeness (QED) is 0.829. The lowest BCUT2D eigenvalue weighted by Crippen LogP contribution is -2.41. The molecule has 1 aromatic heterocycles. The fraction of sp³-hybridized carbons (Fsp3) is 0.625. The summed E-state index contributed by atoms with van der Waals surface area (Å²) in [6.45, 7) is 0.766. The minimum absolute atomic E-state index is 0.155. The average molecular weight is 276 g/mol. The van der Waals surface area contributed by atoms with E-state index in [1.54, 1.807) is 0 Å². The molecule has 3 rings (SSSR count). The first-order valence-corrected chi connectivity index (χ1v) is 7.68. The maximum absolute atomic E-state index is 13.8. The topological polar surface area (TPSA) is 33.2 Å². The van der Waals surface area contributed by atoms with Crippen LogP contribution < -0.4 is 0 Å². The van der Waals surface area contributed by atoms with Crippen LogP contribution in [0.2, 0.25) is 0 Å². The smallest absolute Gasteiger partial charge is 0.257 e. The van der Waals surface area contributed by atoms with E-state index >= 15 is 0 Å². The third kappa shape index (κ3) is 2.56. The van der Waals surface area contributed by atoms with Crippen molar-refractivity contribution in [1.82, 2.24) is 9.88 Å². The molecule has 0 aromatic carbocycles. The second-order valence-corrected chi connectivity index (χ2v) is 5.96. The SMILES string of the molecule is O=C(c1ccncc1F)N1CCCC1C1CCCCC1. The van der Waals surface area contributed by atoms with Crippen molar-refractivity contribution < 1.29 is 9.18 Å². The second kappa shape index (κ2) is 5.90. The predicted octanol–water partition coefficient (Wildman–Crippen LogP) is 3.41. The molecule has 1 aliphatic heterocycles. The lowest BCUT2D eigenvalue weighted by atomic mass is 9.83. The Labute approximate surface area is 119 Å². The van der Waals surface area contributed by atoms with Gasteiger partial charge in [-0.1, -0.05) is 19.3 Å². The van der Waals surface area contributed by atoms with E-state index in [2.05, 4.69) is 4.98 Å². The summed E-state index contributed by atoms with van der Waals surface area (Å²) in [6, 6.07) is 1.81. The Kier molecular flexibility index (Phi) is 3.99. The van der Waals surface area contributed by atoms with Gasteiger partial charge < -0.3 is 4.90 Å². The molecular weight excluding hydrogens is 255 g/mol. The largest absolute Gasteiger partial charge is 0.335 e. The molecule has 1 amide bonds. The molecule has 108 valence electrons. The van der Waals surface area contributed by atoms with Crippen LogP contribution in [0.3, 0.4) is 0 Å². The van der Waals surface area contributed by atoms with Gasteiger partial charge in [-0.15, -0.1) is 0 Å². The summed E-state index contributed by atoms with van der Waals surface area (Å²) >= 11 is 0. The minimum atomic E-state index is -0.508. The monoisotopic (exact) mass is 276 g/mol. The number of rotatable bonds is 2. The van der Waals surface area contributed by atoms with E-state index in [0.717, 1.165) is 25.6 Å². The highest BCUT2D eigenvalue weighted by Gasteiger charge is 2.36. The van der Waals surface area contributed by atoms with Crippen LogP contribution in [-0.4, -0.2) is 28.4 Å². The number of aromatic nitrogens is 1. The van der Waals surface area contributed by atoms with Crippen molar-refractivity contribution in [2.75, 3.05) is 6.54 Å². The van der Waals surface area contributed by atoms with Gasteiger partial charge in [-0.3, -0.25) is 9.78 Å². The number of carbonyl (C=O) groups is 1. The number of hydrogen-bond acceptors (Lipinski definition) is 2. The maximum Gasteiger partial charge on any atom is 0.257 e. The Balaban J connectivity index is 1.78. The van der Waals surface area contributed by atoms with E-state index in [1.807, 2.05) is 4.90 Å². The van der Waals surface area contributed by atoms with E-state index in [4.69, 9.17) is 0 Å². The molecule has 4 heteroatoms. The lowest BCUT2D eigenvalue weighted by molar-refractivity contribution is 0.0656. The maximum atomic E-state index is 13.8. The van der Waals surface area contributed by atoms with E-state index in [1.165, 1.54) is 44.4 Å². The number of hydrogen-bond donors (Lipinski definition) is 0. The number of likely N-dealkylation sites (tertiary alicyclic amines) is 1. The highest BCUT2D eigenvalue weighted by Crippen LogP contribution is 2.35. The van der Waals surface area contributed by atoms with Gasteiger partial charge in [-0.2, -0.15) is 0 Å². The van der Waals surface area contributed by atoms with Crippen LogP contribution in [0.15, 0.2) is 18.5 Å². The molecule has 0 radical (unpaired) electrons. The molecule has 1 saturated carbocycles. The standard InChI is InChI=1S/C16H21FN2O/c17-14-11-18-9-8-13(14)16(20)19-10-4-7-15(19)12-5-2-1-3-6-12/h8-9,11-12,15H,1-7,10H2. The first-order chi connectivity index (χ1) is 9.77. The third-order valence-electron chi connectivity index (χ3n) is 4.76. The van der Waals surface area contributed by atoms with Crippen molar-refractivity contribution >= 4 is 5.91 Å². The molecule has 1 unspecified atom stereocenters. The van der Waals surface area contributed by atoms with Crippen LogP contribution in [0, 0.1) is 11.7 Å². The van der Waals surface area contributed by atoms with Crippen LogP contribution in [0.25, 0.3) is 0 Å². The Morgan fingerprint density at radius 2 is 2.00 bits per heavy atom. The summed E-state index contributed by atoms with van der Waals surface area (Å²) in [6.07, 6.45) is 11.0. The molecule has 1 atom stereocenters. The zero-order valence-electron chi connectivity index (χ0n) is 11.7. The number of halogens is 1. The molecule has 20 heavy (non-hydrogen) atoms. The van der Waals surface area contributed by atoms with Crippen molar-refractivity contribution in [1.29, 1.82) is 0 Å². The summed E-state index contributed by atoms with van der Waals surface area (Å²) in [5, 5.41) is 0. The molecular formula is C16H21FN2O. The van der Waals surface area contributed by atoms with Crippen molar-refractivity contribution in [2.45, 2.75) is 51.0 Å². The van der Waals surface area contributed by atoms with Gasteiger partial charge in [0.2, 0.25) is 0 Å². The number of pyridine rings is 1. The Morgan fingerprint density at radius 1 is 1.20 bits per heavy atom. The van der Waals surface area contributed by atoms with Gasteiger partial charge in [-0.05, 0) is 37.7 Å². The summed E-state index contributed by atoms with van der Waals surface area (Å²) < 4.78 is 13.8. The number of amides is 1. The fourth-order valence-corrected chi connectivity index (χ4v) is 3.76. The van der Waals surface area contributed by atoms with Crippen LogP contribution in [0.1, 0.15) is 55.3 Å². The molecule has 1 aromatic rings. The minimum Gasteiger partial charge on any atom is -0.335 e. The first kappa shape index (κ1) is 13.5. The van der Waals surface area contributed by atoms with Crippen molar-refractivity contribution in [3.05, 3.63) is 29.8 Å². The molecule has 2 fully saturated rings. The Morgan fingerprint density at radius 3 is 2.75 bits per heavy atom. The van der Waals surface area contributed by atoms with Gasteiger partial charge in [0.1, 0.15) is 0 Å². The van der Waals surface area contributed by atoms with Gasteiger partial charge in [0.25, 0.3) is 5.91 Å². The molecule has 1 saturated heterocycles. The van der Waals surface area contributed by atoms with Gasteiger partial charge in [0, 0.05) is 18.8 Å². The van der Waals surface area contributed by atoms with E-state index in [-0.39, 0.29) is 11.5 Å². The van der Waals surface area contributed by atoms with Crippen molar-refractivity contribution in [3.8, 4) is 0 Å². The Hall–Kier alpha value is -1.45. The summed E-state index contributed by atoms with van der Waals surface area (Å²) in [4.78, 5) is 18.2. The summed E-state index contributed by atoms with van der Waals surface area (Å²) in [7, 11) is 0. The highest BCUT2D eigenvalue weighted by molar-refractivity contribution is 5.94. The fourth-order valence-electron chi connectivity index (χ4n) is 3.76. The normalized spacial score (nSPS) is 24.1. The number of nitrogens with zero attached hydrogens (tertiary/aromatic N) is 2. The van der Waals surface area contributed by atoms with E-state index in [9.17, 15) is 9.18 Å². The molecule has 2 aliphatic rings. The van der Waals surface area contributed by atoms with E-state index < -0.39 is 5.82 Å². The van der Waals surface area contributed by atoms with Crippen LogP contribution in [0.4, 0.5) is 4.39 Å². The first-order valence-electron chi connectivity index (χ1n) is 7.68. The molecule has 0 spiro atoms. The second-order valence-electron chi connectivity index (χ2n) is 5.96. The third-order valence-corrected chi connectivity index (χ3v) is 4.76. The van der Waals surface area contributed by atoms with Gasteiger partial charge in [0.15, 0.2) is 5.82 Å². The summed E-state index contributed by atoms with van der Waals surface area (Å²) in [5.74, 6) is -0.0510. The summed E-state index contributed by atoms with van der Waals surface area (Å²) in [5.41, 5.74) is 0.169. The zero-order valence-corrected chi connectivity index (χ0v) is 11.7. The average Bonchev–Trinajstić information content (AvgIpc) is 2.97. The zero-order chi connectivity index (χ0) is 13.9. The van der Waals surface area contributed by atoms with Crippen molar-refractivity contribution in [2.24, 2.45) is 5.92 Å². The van der Waals surface area contributed by atoms with Crippen molar-refractivity contribution in [3.63, 3.8) is 0 Å². The van der Waals surface area contributed by atoms with E-state index in [0.29, 0.717) is 12.0 Å². The molecule has 1 aliphatic carbocycles. The molecule has 2 heterocycles. The van der Waals surface area contributed by atoms with Crippen LogP contribution in [-0.2, 0) is 0 Å². The van der Waals surface area contributed by atoms with Gasteiger partial charge >= 0.3 is 0 Å². The van der Waals surface area contributed by atoms with Crippen LogP contribution in [0.5, 0.6) is 0 Å². The van der Waals surface area contributed by atoms with Gasteiger partial charge in [0.05, 0.1) is 11.8 Å². The van der Waals surface area contributed by atoms with Crippen LogP contribution >= 0.6 is 0 Å². The predicted molar refractivity (Wildman–Crippen MR) is 74.8 cm³/mol. The highest BCUT2D eigenvalue weighted by atomic mass is 19.1. The molecule has 0 N–H and O–H groups in total. The molecule has 0 bridgehead atoms. The molecule has 3 nitrogen and oxygen atoms in total. The van der Waals surface area contributed by atoms with Gasteiger partial charge in [-0.25, -0.2) is 4.39 Å². The number of carbonyl (C=O) groups excluding carboxylic acids is 1.